The molecule has 0 saturated carbocycles. The van der Waals surface area contributed by atoms with E-state index in [0.29, 0.717) is 0 Å². The number of fused-ring (bicyclic) bond motifs is 1. The summed E-state index contributed by atoms with van der Waals surface area (Å²) in [5.74, 6) is -5.02. The molecular formula is C29H39N5O8. The maximum atomic E-state index is 10.3. The van der Waals surface area contributed by atoms with Crippen LogP contribution >= 0.6 is 0 Å². The Balaban J connectivity index is 0.000000316. The molecule has 0 aliphatic carbocycles. The van der Waals surface area contributed by atoms with Crippen molar-refractivity contribution in [3.63, 3.8) is 0 Å². The largest absolute Gasteiger partial charge is 0.481 e. The number of carboxylic acid groups (broad SMARTS) is 3. The Kier molecular flexibility index (Phi) is 10.4. The van der Waals surface area contributed by atoms with Gasteiger partial charge in [0.2, 0.25) is 0 Å². The summed E-state index contributed by atoms with van der Waals surface area (Å²) in [7, 11) is 0. The molecule has 13 heteroatoms. The molecule has 0 unspecified atom stereocenters. The first-order valence-corrected chi connectivity index (χ1v) is 13.6. The van der Waals surface area contributed by atoms with Crippen LogP contribution in [0.5, 0.6) is 0 Å². The molecule has 228 valence electrons. The van der Waals surface area contributed by atoms with Crippen molar-refractivity contribution in [1.82, 2.24) is 24.4 Å². The smallest absolute Gasteiger partial charge is 0.336 e. The fourth-order valence-electron chi connectivity index (χ4n) is 5.15. The number of ether oxygens (including phenoxy) is 1. The van der Waals surface area contributed by atoms with E-state index in [1.807, 2.05) is 37.9 Å². The number of imidazole rings is 1. The van der Waals surface area contributed by atoms with Gasteiger partial charge in [0.15, 0.2) is 5.60 Å². The van der Waals surface area contributed by atoms with Gasteiger partial charge in [0.05, 0.1) is 37.5 Å². The van der Waals surface area contributed by atoms with Crippen LogP contribution in [0.4, 0.5) is 0 Å². The second-order valence-electron chi connectivity index (χ2n) is 11.3. The number of carboxylic acids is 3. The molecule has 1 fully saturated rings. The fourth-order valence-corrected chi connectivity index (χ4v) is 5.15. The van der Waals surface area contributed by atoms with Gasteiger partial charge in [-0.15, -0.1) is 0 Å². The molecule has 4 N–H and O–H groups in total. The number of aromatic nitrogens is 4. The number of rotatable bonds is 12. The normalized spacial score (nSPS) is 17.5. The molecule has 4 heterocycles. The standard InChI is InChI=1S/C23H31N5O.C6H8O7/c1-5-29-16-23(14-27-17-26-20-13-24-10-8-21(20)27)9-11-28(15-23)22(3,4)19-7-6-18(2)25-12-19;7-3(8)1-6(13,5(11)12)2-4(9)10/h6-8,10,12-13,17H,5,9,11,14-16H2,1-4H3;13H,1-2H2,(H,7,8)(H,9,10)(H,11,12)/t23-;/m0./s1. The first kappa shape index (κ1) is 32.6. The minimum Gasteiger partial charge on any atom is -0.481 e. The van der Waals surface area contributed by atoms with Crippen LogP contribution in [-0.4, -0.2) is 94.7 Å². The van der Waals surface area contributed by atoms with Crippen molar-refractivity contribution in [2.45, 2.75) is 64.6 Å². The second-order valence-corrected chi connectivity index (χ2v) is 11.3. The molecule has 1 atom stereocenters. The van der Waals surface area contributed by atoms with E-state index in [0.717, 1.165) is 56.0 Å². The minimum atomic E-state index is -2.74. The molecule has 3 aromatic heterocycles. The van der Waals surface area contributed by atoms with Gasteiger partial charge in [-0.3, -0.25) is 24.5 Å². The van der Waals surface area contributed by atoms with Crippen LogP contribution in [0.15, 0.2) is 43.1 Å². The van der Waals surface area contributed by atoms with Gasteiger partial charge in [-0.25, -0.2) is 9.78 Å². The summed E-state index contributed by atoms with van der Waals surface area (Å²) in [4.78, 5) is 46.3. The molecular weight excluding hydrogens is 546 g/mol. The maximum absolute atomic E-state index is 10.3. The summed E-state index contributed by atoms with van der Waals surface area (Å²) in [6.07, 6.45) is 6.44. The number of carbonyl (C=O) groups is 3. The molecule has 0 amide bonds. The van der Waals surface area contributed by atoms with E-state index in [1.54, 1.807) is 0 Å². The average Bonchev–Trinajstić information content (AvgIpc) is 3.53. The molecule has 1 aliphatic rings. The Morgan fingerprint density at radius 2 is 1.74 bits per heavy atom. The van der Waals surface area contributed by atoms with Gasteiger partial charge in [0, 0.05) is 48.7 Å². The predicted molar refractivity (Wildman–Crippen MR) is 152 cm³/mol. The van der Waals surface area contributed by atoms with E-state index in [9.17, 15) is 14.4 Å². The number of hydrogen-bond acceptors (Lipinski definition) is 9. The number of aliphatic hydroxyl groups is 1. The topological polar surface area (TPSA) is 188 Å². The third kappa shape index (κ3) is 7.87. The summed E-state index contributed by atoms with van der Waals surface area (Å²) in [6.45, 7) is 13.1. The zero-order chi connectivity index (χ0) is 31.1. The molecule has 3 aromatic rings. The molecule has 0 bridgehead atoms. The number of hydrogen-bond donors (Lipinski definition) is 4. The average molecular weight is 586 g/mol. The monoisotopic (exact) mass is 585 g/mol. The lowest BCUT2D eigenvalue weighted by molar-refractivity contribution is -0.170. The lowest BCUT2D eigenvalue weighted by atomic mass is 9.87. The van der Waals surface area contributed by atoms with E-state index < -0.39 is 36.4 Å². The maximum Gasteiger partial charge on any atom is 0.336 e. The van der Waals surface area contributed by atoms with Gasteiger partial charge in [-0.2, -0.15) is 0 Å². The summed E-state index contributed by atoms with van der Waals surface area (Å²) >= 11 is 0. The van der Waals surface area contributed by atoms with Crippen LogP contribution in [0.3, 0.4) is 0 Å². The SMILES string of the molecule is CCOC[C@]1(Cn2cnc3cnccc32)CCN(C(C)(C)c2ccc(C)nc2)C1.O=C(O)CC(O)(CC(=O)O)C(=O)O. The van der Waals surface area contributed by atoms with Crippen molar-refractivity contribution in [2.75, 3.05) is 26.3 Å². The fraction of sp³-hybridized carbons (Fsp3) is 0.517. The van der Waals surface area contributed by atoms with Crippen molar-refractivity contribution in [3.05, 3.63) is 54.4 Å². The number of likely N-dealkylation sites (tertiary alicyclic amines) is 1. The molecule has 1 saturated heterocycles. The van der Waals surface area contributed by atoms with Crippen molar-refractivity contribution in [2.24, 2.45) is 5.41 Å². The first-order valence-electron chi connectivity index (χ1n) is 13.6. The third-order valence-corrected chi connectivity index (χ3v) is 7.67. The number of aryl methyl sites for hydroxylation is 1. The lowest BCUT2D eigenvalue weighted by Crippen LogP contribution is -2.43. The predicted octanol–water partition coefficient (Wildman–Crippen LogP) is 2.55. The third-order valence-electron chi connectivity index (χ3n) is 7.67. The van der Waals surface area contributed by atoms with E-state index >= 15 is 0 Å². The van der Waals surface area contributed by atoms with Crippen LogP contribution in [0.25, 0.3) is 11.0 Å². The van der Waals surface area contributed by atoms with E-state index in [1.165, 1.54) is 5.56 Å². The van der Waals surface area contributed by atoms with E-state index in [-0.39, 0.29) is 11.0 Å². The van der Waals surface area contributed by atoms with E-state index in [4.69, 9.17) is 25.2 Å². The van der Waals surface area contributed by atoms with Gasteiger partial charge < -0.3 is 29.7 Å². The zero-order valence-corrected chi connectivity index (χ0v) is 24.4. The van der Waals surface area contributed by atoms with Gasteiger partial charge in [-0.1, -0.05) is 6.07 Å². The summed E-state index contributed by atoms with van der Waals surface area (Å²) in [6, 6.07) is 6.36. The first-order chi connectivity index (χ1) is 19.7. The van der Waals surface area contributed by atoms with E-state index in [2.05, 4.69) is 57.3 Å². The summed E-state index contributed by atoms with van der Waals surface area (Å²) in [5.41, 5.74) is 1.64. The van der Waals surface area contributed by atoms with Crippen molar-refractivity contribution in [1.29, 1.82) is 0 Å². The van der Waals surface area contributed by atoms with Gasteiger partial charge in [-0.05, 0) is 58.4 Å². The quantitative estimate of drug-likeness (QED) is 0.243. The molecule has 0 radical (unpaired) electrons. The molecule has 13 nitrogen and oxygen atoms in total. The number of nitrogens with zero attached hydrogens (tertiary/aromatic N) is 5. The Morgan fingerprint density at radius 1 is 1.05 bits per heavy atom. The van der Waals surface area contributed by atoms with Crippen molar-refractivity contribution < 1.29 is 39.5 Å². The highest BCUT2D eigenvalue weighted by molar-refractivity contribution is 5.88. The number of aliphatic carboxylic acids is 3. The number of pyridine rings is 2. The van der Waals surface area contributed by atoms with Gasteiger partial charge in [0.1, 0.15) is 5.52 Å². The highest BCUT2D eigenvalue weighted by atomic mass is 16.5. The van der Waals surface area contributed by atoms with Crippen LogP contribution in [0.2, 0.25) is 0 Å². The second kappa shape index (κ2) is 13.4. The Bertz CT molecular complexity index is 1370. The highest BCUT2D eigenvalue weighted by Crippen LogP contribution is 2.40. The summed E-state index contributed by atoms with van der Waals surface area (Å²) < 4.78 is 8.24. The lowest BCUT2D eigenvalue weighted by Gasteiger charge is -2.38. The Morgan fingerprint density at radius 3 is 2.31 bits per heavy atom. The molecule has 42 heavy (non-hydrogen) atoms. The van der Waals surface area contributed by atoms with Crippen LogP contribution in [0, 0.1) is 12.3 Å². The molecule has 0 aromatic carbocycles. The molecule has 4 rings (SSSR count). The van der Waals surface area contributed by atoms with Gasteiger partial charge >= 0.3 is 17.9 Å². The van der Waals surface area contributed by atoms with Crippen molar-refractivity contribution in [3.8, 4) is 0 Å². The molecule has 1 aliphatic heterocycles. The van der Waals surface area contributed by atoms with Crippen molar-refractivity contribution >= 4 is 28.9 Å². The van der Waals surface area contributed by atoms with Crippen LogP contribution < -0.4 is 0 Å². The Labute approximate surface area is 243 Å². The minimum absolute atomic E-state index is 0.0578. The van der Waals surface area contributed by atoms with Crippen LogP contribution in [0.1, 0.15) is 51.3 Å². The zero-order valence-electron chi connectivity index (χ0n) is 24.4. The van der Waals surface area contributed by atoms with Crippen LogP contribution in [-0.2, 0) is 31.2 Å². The molecule has 0 spiro atoms. The summed E-state index contributed by atoms with van der Waals surface area (Å²) in [5, 5.41) is 33.8. The van der Waals surface area contributed by atoms with Gasteiger partial charge in [0.25, 0.3) is 0 Å². The Hall–Kier alpha value is -3.94. The highest BCUT2D eigenvalue weighted by Gasteiger charge is 2.44.